The molecule has 1 aromatic heterocycles. The molecule has 0 saturated heterocycles. The number of H-pyrrole nitrogens is 1. The number of allylic oxidation sites excluding steroid dienone is 1. The molecule has 0 spiro atoms. The number of ether oxygens (including phenoxy) is 1. The highest BCUT2D eigenvalue weighted by Gasteiger charge is 2.34. The molecule has 3 N–H and O–H groups in total. The van der Waals surface area contributed by atoms with E-state index in [-0.39, 0.29) is 11.8 Å². The summed E-state index contributed by atoms with van der Waals surface area (Å²) in [6.45, 7) is 1.92. The van der Waals surface area contributed by atoms with Crippen molar-refractivity contribution < 1.29 is 4.74 Å². The van der Waals surface area contributed by atoms with Crippen LogP contribution >= 0.6 is 0 Å². The number of nitrogens with one attached hydrogen (secondary N) is 1. The molecule has 3 aromatic rings. The molecule has 0 aliphatic carbocycles. The maximum Gasteiger partial charge on any atom is 0.244 e. The van der Waals surface area contributed by atoms with Crippen LogP contribution in [0.2, 0.25) is 0 Å². The van der Waals surface area contributed by atoms with E-state index in [0.29, 0.717) is 11.5 Å². The molecule has 0 saturated carbocycles. The van der Waals surface area contributed by atoms with Crippen LogP contribution in [0.4, 0.5) is 0 Å². The number of aromatic amines is 1. The number of hydrogen-bond acceptors (Lipinski definition) is 4. The Bertz CT molecular complexity index is 994. The number of hydrogen-bond donors (Lipinski definition) is 2. The van der Waals surface area contributed by atoms with Crippen LogP contribution in [0, 0.1) is 18.3 Å². The number of benzene rings is 2. The van der Waals surface area contributed by atoms with Crippen molar-refractivity contribution in [3.05, 3.63) is 70.7 Å². The highest BCUT2D eigenvalue weighted by atomic mass is 16.5. The van der Waals surface area contributed by atoms with Gasteiger partial charge >= 0.3 is 0 Å². The SMILES string of the molecule is Cc1[nH]nc2c1[C@H](c1ccc3ccccc3c1)C(C#N)=C(N)O2. The van der Waals surface area contributed by atoms with Crippen LogP contribution in [-0.4, -0.2) is 10.2 Å². The first-order valence-corrected chi connectivity index (χ1v) is 7.30. The van der Waals surface area contributed by atoms with E-state index in [4.69, 9.17) is 10.5 Å². The van der Waals surface area contributed by atoms with E-state index in [1.807, 2.05) is 25.1 Å². The summed E-state index contributed by atoms with van der Waals surface area (Å²) >= 11 is 0. The number of rotatable bonds is 1. The van der Waals surface area contributed by atoms with Crippen molar-refractivity contribution in [3.8, 4) is 11.9 Å². The summed E-state index contributed by atoms with van der Waals surface area (Å²) in [4.78, 5) is 0. The Morgan fingerprint density at radius 2 is 2.00 bits per heavy atom. The zero-order valence-electron chi connectivity index (χ0n) is 12.5. The van der Waals surface area contributed by atoms with Crippen LogP contribution in [0.15, 0.2) is 53.9 Å². The molecule has 0 bridgehead atoms. The Hall–Kier alpha value is -3.26. The summed E-state index contributed by atoms with van der Waals surface area (Å²) in [5.74, 6) is 0.286. The van der Waals surface area contributed by atoms with E-state index < -0.39 is 0 Å². The molecule has 0 unspecified atom stereocenters. The Kier molecular flexibility index (Phi) is 2.85. The first-order valence-electron chi connectivity index (χ1n) is 7.30. The van der Waals surface area contributed by atoms with Crippen molar-refractivity contribution in [1.82, 2.24) is 10.2 Å². The van der Waals surface area contributed by atoms with E-state index >= 15 is 0 Å². The van der Waals surface area contributed by atoms with Crippen molar-refractivity contribution in [2.45, 2.75) is 12.8 Å². The van der Waals surface area contributed by atoms with Gasteiger partial charge in [0.05, 0.1) is 5.92 Å². The first kappa shape index (κ1) is 13.4. The maximum atomic E-state index is 9.56. The number of nitrogens with two attached hydrogens (primary N) is 1. The zero-order valence-corrected chi connectivity index (χ0v) is 12.5. The summed E-state index contributed by atoms with van der Waals surface area (Å²) < 4.78 is 5.49. The second kappa shape index (κ2) is 4.89. The normalized spacial score (nSPS) is 16.8. The summed E-state index contributed by atoms with van der Waals surface area (Å²) in [7, 11) is 0. The summed E-state index contributed by atoms with van der Waals surface area (Å²) in [5.41, 5.74) is 9.09. The highest BCUT2D eigenvalue weighted by Crippen LogP contribution is 2.42. The summed E-state index contributed by atoms with van der Waals surface area (Å²) in [6.07, 6.45) is 0. The van der Waals surface area contributed by atoms with Crippen molar-refractivity contribution in [2.75, 3.05) is 0 Å². The van der Waals surface area contributed by atoms with E-state index in [1.54, 1.807) is 0 Å². The zero-order chi connectivity index (χ0) is 16.0. The average Bonchev–Trinajstić information content (AvgIpc) is 2.93. The molecule has 1 aliphatic heterocycles. The van der Waals surface area contributed by atoms with E-state index in [9.17, 15) is 5.26 Å². The van der Waals surface area contributed by atoms with Gasteiger partial charge in [-0.25, -0.2) is 0 Å². The molecule has 0 amide bonds. The van der Waals surface area contributed by atoms with Gasteiger partial charge in [0, 0.05) is 11.3 Å². The quantitative estimate of drug-likeness (QED) is 0.723. The van der Waals surface area contributed by atoms with Crippen LogP contribution in [0.5, 0.6) is 5.88 Å². The number of aryl methyl sites for hydroxylation is 1. The standard InChI is InChI=1S/C18H14N4O/c1-10-15-16(14(9-19)17(20)23-18(15)22-21-10)13-7-6-11-4-2-3-5-12(11)8-13/h2-8,16H,20H2,1H3,(H,21,22)/t16-/m1/s1. The molecule has 4 rings (SSSR count). The largest absolute Gasteiger partial charge is 0.420 e. The van der Waals surface area contributed by atoms with E-state index in [2.05, 4.69) is 40.5 Å². The van der Waals surface area contributed by atoms with Gasteiger partial charge in [-0.05, 0) is 23.3 Å². The van der Waals surface area contributed by atoms with Crippen molar-refractivity contribution in [2.24, 2.45) is 5.73 Å². The highest BCUT2D eigenvalue weighted by molar-refractivity contribution is 5.83. The third kappa shape index (κ3) is 1.96. The number of nitriles is 1. The molecular weight excluding hydrogens is 288 g/mol. The van der Waals surface area contributed by atoms with Gasteiger partial charge in [-0.15, -0.1) is 5.10 Å². The minimum atomic E-state index is -0.271. The third-order valence-electron chi connectivity index (χ3n) is 4.24. The number of fused-ring (bicyclic) bond motifs is 2. The van der Waals surface area contributed by atoms with Gasteiger partial charge in [-0.3, -0.25) is 5.10 Å². The van der Waals surface area contributed by atoms with Gasteiger partial charge in [0.15, 0.2) is 0 Å². The summed E-state index contributed by atoms with van der Waals surface area (Å²) in [6, 6.07) is 16.5. The van der Waals surface area contributed by atoms with Crippen molar-refractivity contribution >= 4 is 10.8 Å². The Morgan fingerprint density at radius 3 is 2.78 bits per heavy atom. The van der Waals surface area contributed by atoms with E-state index in [1.165, 1.54) is 0 Å². The van der Waals surface area contributed by atoms with Crippen LogP contribution in [0.25, 0.3) is 10.8 Å². The monoisotopic (exact) mass is 302 g/mol. The number of nitrogens with zero attached hydrogens (tertiary/aromatic N) is 2. The predicted octanol–water partition coefficient (Wildman–Crippen LogP) is 3.09. The van der Waals surface area contributed by atoms with Gasteiger partial charge in [-0.1, -0.05) is 42.5 Å². The fourth-order valence-electron chi connectivity index (χ4n) is 3.12. The van der Waals surface area contributed by atoms with Gasteiger partial charge < -0.3 is 10.5 Å². The Labute approximate surface area is 133 Å². The fraction of sp³-hybridized carbons (Fsp3) is 0.111. The minimum absolute atomic E-state index is 0.115. The number of aromatic nitrogens is 2. The van der Waals surface area contributed by atoms with Gasteiger partial charge in [-0.2, -0.15) is 5.26 Å². The molecule has 5 heteroatoms. The molecule has 2 aromatic carbocycles. The van der Waals surface area contributed by atoms with Crippen LogP contribution in [-0.2, 0) is 0 Å². The molecule has 23 heavy (non-hydrogen) atoms. The molecule has 1 aliphatic rings. The second-order valence-electron chi connectivity index (χ2n) is 5.60. The van der Waals surface area contributed by atoms with Crippen molar-refractivity contribution in [1.29, 1.82) is 5.26 Å². The molecule has 1 atom stereocenters. The first-order chi connectivity index (χ1) is 11.2. The predicted molar refractivity (Wildman–Crippen MR) is 86.6 cm³/mol. The molecule has 0 radical (unpaired) electrons. The molecule has 5 nitrogen and oxygen atoms in total. The van der Waals surface area contributed by atoms with Gasteiger partial charge in [0.25, 0.3) is 0 Å². The van der Waals surface area contributed by atoms with Gasteiger partial charge in [0.1, 0.15) is 11.6 Å². The molecule has 2 heterocycles. The molecule has 112 valence electrons. The Balaban J connectivity index is 1.97. The fourth-order valence-corrected chi connectivity index (χ4v) is 3.12. The van der Waals surface area contributed by atoms with Gasteiger partial charge in [0.2, 0.25) is 11.8 Å². The van der Waals surface area contributed by atoms with Crippen molar-refractivity contribution in [3.63, 3.8) is 0 Å². The Morgan fingerprint density at radius 1 is 1.22 bits per heavy atom. The van der Waals surface area contributed by atoms with Crippen LogP contribution < -0.4 is 10.5 Å². The topological polar surface area (TPSA) is 87.7 Å². The van der Waals surface area contributed by atoms with E-state index in [0.717, 1.165) is 27.6 Å². The smallest absolute Gasteiger partial charge is 0.244 e. The van der Waals surface area contributed by atoms with Crippen LogP contribution in [0.3, 0.4) is 0 Å². The lowest BCUT2D eigenvalue weighted by Crippen LogP contribution is -2.21. The lowest BCUT2D eigenvalue weighted by Gasteiger charge is -2.23. The summed E-state index contributed by atoms with van der Waals surface area (Å²) in [5, 5.41) is 18.9. The lowest BCUT2D eigenvalue weighted by atomic mass is 9.83. The second-order valence-corrected chi connectivity index (χ2v) is 5.60. The molecule has 0 fully saturated rings. The average molecular weight is 302 g/mol. The minimum Gasteiger partial charge on any atom is -0.420 e. The maximum absolute atomic E-state index is 9.56. The van der Waals surface area contributed by atoms with Crippen LogP contribution in [0.1, 0.15) is 22.7 Å². The molecular formula is C18H14N4O. The third-order valence-corrected chi connectivity index (χ3v) is 4.24. The lowest BCUT2D eigenvalue weighted by molar-refractivity contribution is 0.379.